The van der Waals surface area contributed by atoms with E-state index in [2.05, 4.69) is 16.0 Å². The number of hydrogen-bond acceptors (Lipinski definition) is 6. The van der Waals surface area contributed by atoms with E-state index in [-0.39, 0.29) is 18.3 Å². The Kier molecular flexibility index (Phi) is 8.81. The predicted molar refractivity (Wildman–Crippen MR) is 138 cm³/mol. The van der Waals surface area contributed by atoms with Crippen molar-refractivity contribution in [3.8, 4) is 0 Å². The number of alkyl halides is 1. The summed E-state index contributed by atoms with van der Waals surface area (Å²) in [7, 11) is 0. The number of amides is 2. The Bertz CT molecular complexity index is 1050. The number of esters is 1. The lowest BCUT2D eigenvalue weighted by Gasteiger charge is -2.31. The molecule has 9 heteroatoms. The molecule has 2 aliphatic rings. The Hall–Kier alpha value is -2.42. The third-order valence-electron chi connectivity index (χ3n) is 6.67. The number of piperidine rings is 1. The fourth-order valence-electron chi connectivity index (χ4n) is 4.90. The first kappa shape index (κ1) is 25.7. The molecule has 1 aliphatic carbocycles. The van der Waals surface area contributed by atoms with Crippen molar-refractivity contribution in [1.29, 1.82) is 0 Å². The van der Waals surface area contributed by atoms with E-state index in [1.807, 2.05) is 30.3 Å². The van der Waals surface area contributed by atoms with Gasteiger partial charge in [-0.1, -0.05) is 30.3 Å². The number of Topliss-reactive ketones (excluding diaryl/α,β-unsaturated/α-hetero) is 1. The molecule has 2 atom stereocenters. The predicted octanol–water partition coefficient (Wildman–Crippen LogP) is 4.84. The number of benzene rings is 1. The van der Waals surface area contributed by atoms with E-state index >= 15 is 0 Å². The highest BCUT2D eigenvalue weighted by molar-refractivity contribution is 7.17. The number of carbonyl (C=O) groups is 3. The lowest BCUT2D eigenvalue weighted by Crippen LogP contribution is -2.51. The molecule has 188 valence electrons. The van der Waals surface area contributed by atoms with Crippen LogP contribution in [-0.2, 0) is 22.4 Å². The van der Waals surface area contributed by atoms with Crippen molar-refractivity contribution in [2.24, 2.45) is 5.92 Å². The van der Waals surface area contributed by atoms with Crippen LogP contribution >= 0.6 is 22.9 Å². The summed E-state index contributed by atoms with van der Waals surface area (Å²) in [5.74, 6) is -0.672. The minimum Gasteiger partial charge on any atom is -0.462 e. The van der Waals surface area contributed by atoms with Gasteiger partial charge in [0, 0.05) is 4.88 Å². The summed E-state index contributed by atoms with van der Waals surface area (Å²) in [5.41, 5.74) is 2.13. The Balaban J connectivity index is 1.55. The van der Waals surface area contributed by atoms with Gasteiger partial charge in [-0.3, -0.25) is 10.1 Å². The number of ketones is 1. The SMILES string of the molecule is CCOC(=O)c1c(NC(=O)NC(C(=O)C(Cl)c2ccccc2)C2CCNCC2)sc2c1CCCC2. The summed E-state index contributed by atoms with van der Waals surface area (Å²) < 4.78 is 5.29. The van der Waals surface area contributed by atoms with Crippen LogP contribution < -0.4 is 16.0 Å². The Morgan fingerprint density at radius 2 is 1.86 bits per heavy atom. The number of aryl methyl sites for hydroxylation is 1. The molecular formula is C26H32ClN3O4S. The van der Waals surface area contributed by atoms with Crippen LogP contribution in [0.25, 0.3) is 0 Å². The van der Waals surface area contributed by atoms with Crippen molar-refractivity contribution < 1.29 is 19.1 Å². The second kappa shape index (κ2) is 12.0. The number of hydrogen-bond donors (Lipinski definition) is 3. The molecule has 2 amide bonds. The van der Waals surface area contributed by atoms with Crippen molar-refractivity contribution in [3.63, 3.8) is 0 Å². The Morgan fingerprint density at radius 3 is 2.57 bits per heavy atom. The molecule has 1 aromatic heterocycles. The molecule has 0 bridgehead atoms. The average molecular weight is 518 g/mol. The van der Waals surface area contributed by atoms with E-state index in [0.717, 1.165) is 62.1 Å². The number of carbonyl (C=O) groups excluding carboxylic acids is 3. The highest BCUT2D eigenvalue weighted by atomic mass is 35.5. The normalized spacial score (nSPS) is 17.7. The van der Waals surface area contributed by atoms with E-state index in [1.165, 1.54) is 11.3 Å². The summed E-state index contributed by atoms with van der Waals surface area (Å²) in [6, 6.07) is 7.94. The highest BCUT2D eigenvalue weighted by Crippen LogP contribution is 2.38. The van der Waals surface area contributed by atoms with Crippen LogP contribution in [0.3, 0.4) is 0 Å². The van der Waals surface area contributed by atoms with Crippen LogP contribution in [0.15, 0.2) is 30.3 Å². The number of nitrogens with one attached hydrogen (secondary N) is 3. The van der Waals surface area contributed by atoms with E-state index in [1.54, 1.807) is 6.92 Å². The average Bonchev–Trinajstić information content (AvgIpc) is 3.25. The second-order valence-electron chi connectivity index (χ2n) is 8.97. The summed E-state index contributed by atoms with van der Waals surface area (Å²) >= 11 is 8.01. The molecule has 1 saturated heterocycles. The largest absolute Gasteiger partial charge is 0.462 e. The number of ether oxygens (including phenoxy) is 1. The van der Waals surface area contributed by atoms with Gasteiger partial charge in [0.15, 0.2) is 5.78 Å². The van der Waals surface area contributed by atoms with E-state index in [4.69, 9.17) is 16.3 Å². The number of anilines is 1. The van der Waals surface area contributed by atoms with Crippen LogP contribution in [0.1, 0.15) is 64.3 Å². The van der Waals surface area contributed by atoms with Gasteiger partial charge >= 0.3 is 12.0 Å². The van der Waals surface area contributed by atoms with E-state index in [9.17, 15) is 14.4 Å². The number of thiophene rings is 1. The van der Waals surface area contributed by atoms with Gasteiger partial charge in [0.1, 0.15) is 10.4 Å². The molecule has 0 radical (unpaired) electrons. The lowest BCUT2D eigenvalue weighted by atomic mass is 9.86. The van der Waals surface area contributed by atoms with Crippen molar-refractivity contribution in [2.45, 2.75) is 56.9 Å². The fraction of sp³-hybridized carbons (Fsp3) is 0.500. The number of halogens is 1. The number of urea groups is 1. The quantitative estimate of drug-likeness (QED) is 0.344. The summed E-state index contributed by atoms with van der Waals surface area (Å²) in [5, 5.41) is 8.69. The summed E-state index contributed by atoms with van der Waals surface area (Å²) in [6.07, 6.45) is 5.27. The fourth-order valence-corrected chi connectivity index (χ4v) is 6.45. The Morgan fingerprint density at radius 1 is 1.14 bits per heavy atom. The lowest BCUT2D eigenvalue weighted by molar-refractivity contribution is -0.122. The van der Waals surface area contributed by atoms with Gasteiger partial charge in [-0.2, -0.15) is 0 Å². The molecule has 2 aromatic rings. The number of rotatable bonds is 8. The maximum absolute atomic E-state index is 13.5. The maximum atomic E-state index is 13.5. The first-order valence-electron chi connectivity index (χ1n) is 12.3. The molecule has 7 nitrogen and oxygen atoms in total. The van der Waals surface area contributed by atoms with Crippen LogP contribution in [0.5, 0.6) is 0 Å². The van der Waals surface area contributed by atoms with Gasteiger partial charge in [-0.15, -0.1) is 22.9 Å². The minimum atomic E-state index is -0.861. The van der Waals surface area contributed by atoms with Crippen molar-refractivity contribution in [2.75, 3.05) is 25.0 Å². The molecule has 1 aromatic carbocycles. The Labute approximate surface area is 215 Å². The second-order valence-corrected chi connectivity index (χ2v) is 10.5. The summed E-state index contributed by atoms with van der Waals surface area (Å²) in [4.78, 5) is 40.5. The molecule has 2 heterocycles. The standard InChI is InChI=1S/C26H32ClN3O4S/c1-2-34-25(32)20-18-10-6-7-11-19(18)35-24(20)30-26(33)29-22(17-12-14-28-15-13-17)23(31)21(27)16-8-4-3-5-9-16/h3-5,8-9,17,21-22,28H,2,6-7,10-15H2,1H3,(H2,29,30,33). The molecule has 1 aliphatic heterocycles. The van der Waals surface area contributed by atoms with Crippen molar-refractivity contribution >= 4 is 45.7 Å². The van der Waals surface area contributed by atoms with Gasteiger partial charge in [0.05, 0.1) is 18.2 Å². The monoisotopic (exact) mass is 517 g/mol. The topological polar surface area (TPSA) is 96.5 Å². The molecule has 35 heavy (non-hydrogen) atoms. The van der Waals surface area contributed by atoms with Gasteiger partial charge < -0.3 is 15.4 Å². The zero-order chi connectivity index (χ0) is 24.8. The van der Waals surface area contributed by atoms with Gasteiger partial charge in [-0.25, -0.2) is 9.59 Å². The third kappa shape index (κ3) is 6.05. The van der Waals surface area contributed by atoms with Crippen LogP contribution in [-0.4, -0.2) is 43.5 Å². The van der Waals surface area contributed by atoms with E-state index < -0.39 is 23.4 Å². The number of fused-ring (bicyclic) bond motifs is 1. The molecule has 0 saturated carbocycles. The molecule has 4 rings (SSSR count). The first-order valence-corrected chi connectivity index (χ1v) is 13.6. The molecule has 0 spiro atoms. The maximum Gasteiger partial charge on any atom is 0.341 e. The summed E-state index contributed by atoms with van der Waals surface area (Å²) in [6.45, 7) is 3.58. The van der Waals surface area contributed by atoms with Gasteiger partial charge in [0.25, 0.3) is 0 Å². The van der Waals surface area contributed by atoms with Crippen LogP contribution in [0, 0.1) is 5.92 Å². The zero-order valence-electron chi connectivity index (χ0n) is 19.9. The zero-order valence-corrected chi connectivity index (χ0v) is 21.5. The van der Waals surface area contributed by atoms with Gasteiger partial charge in [0.2, 0.25) is 0 Å². The van der Waals surface area contributed by atoms with Crippen LogP contribution in [0.2, 0.25) is 0 Å². The van der Waals surface area contributed by atoms with Crippen LogP contribution in [0.4, 0.5) is 9.80 Å². The first-order chi connectivity index (χ1) is 17.0. The van der Waals surface area contributed by atoms with Crippen molar-refractivity contribution in [3.05, 3.63) is 51.9 Å². The molecular weight excluding hydrogens is 486 g/mol. The molecule has 1 fully saturated rings. The van der Waals surface area contributed by atoms with E-state index in [0.29, 0.717) is 16.1 Å². The third-order valence-corrected chi connectivity index (χ3v) is 8.34. The minimum absolute atomic E-state index is 0.0273. The highest BCUT2D eigenvalue weighted by Gasteiger charge is 2.35. The van der Waals surface area contributed by atoms with Gasteiger partial charge in [-0.05, 0) is 75.6 Å². The molecule has 2 unspecified atom stereocenters. The smallest absolute Gasteiger partial charge is 0.341 e. The van der Waals surface area contributed by atoms with Crippen molar-refractivity contribution in [1.82, 2.24) is 10.6 Å². The molecule has 3 N–H and O–H groups in total.